The van der Waals surface area contributed by atoms with Crippen molar-refractivity contribution >= 4 is 11.9 Å². The van der Waals surface area contributed by atoms with Crippen LogP contribution in [-0.2, 0) is 14.3 Å². The molecule has 3 heteroatoms. The third kappa shape index (κ3) is 4.60. The summed E-state index contributed by atoms with van der Waals surface area (Å²) < 4.78 is 4.45. The van der Waals surface area contributed by atoms with Crippen molar-refractivity contribution in [2.75, 3.05) is 0 Å². The van der Waals surface area contributed by atoms with E-state index in [9.17, 15) is 9.59 Å². The van der Waals surface area contributed by atoms with Crippen LogP contribution in [0.3, 0.4) is 0 Å². The van der Waals surface area contributed by atoms with E-state index in [1.165, 1.54) is 25.7 Å². The number of unbranched alkanes of at least 4 members (excludes halogenated alkanes) is 5. The smallest absolute Gasteiger partial charge is 0.321 e. The van der Waals surface area contributed by atoms with E-state index in [4.69, 9.17) is 0 Å². The van der Waals surface area contributed by atoms with E-state index in [0.29, 0.717) is 0 Å². The van der Waals surface area contributed by atoms with Gasteiger partial charge in [0.15, 0.2) is 0 Å². The van der Waals surface area contributed by atoms with Crippen LogP contribution in [-0.4, -0.2) is 11.9 Å². The second-order valence-corrected chi connectivity index (χ2v) is 4.23. The molecule has 1 unspecified atom stereocenters. The summed E-state index contributed by atoms with van der Waals surface area (Å²) in [5.41, 5.74) is 0. The molecule has 0 aromatic heterocycles. The van der Waals surface area contributed by atoms with Gasteiger partial charge in [0.25, 0.3) is 0 Å². The van der Waals surface area contributed by atoms with Crippen molar-refractivity contribution in [3.8, 4) is 0 Å². The number of rotatable bonds is 7. The number of carbonyl (C=O) groups is 2. The molecule has 0 aromatic carbocycles. The third-order valence-electron chi connectivity index (χ3n) is 2.75. The molecule has 0 aliphatic carbocycles. The lowest BCUT2D eigenvalue weighted by Gasteiger charge is -1.97. The van der Waals surface area contributed by atoms with Gasteiger partial charge in [0.05, 0.1) is 12.3 Å². The summed E-state index contributed by atoms with van der Waals surface area (Å²) in [6.07, 6.45) is 11.3. The second kappa shape index (κ2) is 7.20. The first-order valence-corrected chi connectivity index (χ1v) is 6.15. The number of carbonyl (C=O) groups excluding carboxylic acids is 2. The maximum absolute atomic E-state index is 11.1. The number of ether oxygens (including phenoxy) is 1. The number of cyclic esters (lactones) is 2. The summed E-state index contributed by atoms with van der Waals surface area (Å²) in [7, 11) is 0. The largest absolute Gasteiger partial charge is 0.393 e. The SMILES string of the molecule is CCCCCCC/C=C\C1CC(=O)OC1=O. The Hall–Kier alpha value is -1.12. The summed E-state index contributed by atoms with van der Waals surface area (Å²) in [6.45, 7) is 2.20. The third-order valence-corrected chi connectivity index (χ3v) is 2.75. The minimum atomic E-state index is -0.400. The molecule has 1 saturated heterocycles. The van der Waals surface area contributed by atoms with E-state index in [1.807, 2.05) is 12.2 Å². The van der Waals surface area contributed by atoms with Gasteiger partial charge in [-0.15, -0.1) is 0 Å². The number of hydrogen-bond donors (Lipinski definition) is 0. The topological polar surface area (TPSA) is 43.4 Å². The highest BCUT2D eigenvalue weighted by Crippen LogP contribution is 2.17. The zero-order valence-electron chi connectivity index (χ0n) is 9.91. The summed E-state index contributed by atoms with van der Waals surface area (Å²) in [4.78, 5) is 21.9. The maximum Gasteiger partial charge on any atom is 0.321 e. The van der Waals surface area contributed by atoms with Gasteiger partial charge in [0, 0.05) is 0 Å². The lowest BCUT2D eigenvalue weighted by atomic mass is 10.1. The molecular formula is C13H20O3. The van der Waals surface area contributed by atoms with Crippen LogP contribution in [0.15, 0.2) is 12.2 Å². The molecule has 0 amide bonds. The van der Waals surface area contributed by atoms with Crippen LogP contribution in [0.25, 0.3) is 0 Å². The fourth-order valence-electron chi connectivity index (χ4n) is 1.77. The maximum atomic E-state index is 11.1. The Morgan fingerprint density at radius 1 is 1.25 bits per heavy atom. The first-order valence-electron chi connectivity index (χ1n) is 6.15. The second-order valence-electron chi connectivity index (χ2n) is 4.23. The highest BCUT2D eigenvalue weighted by Gasteiger charge is 2.30. The molecule has 0 bridgehead atoms. The van der Waals surface area contributed by atoms with Crippen LogP contribution in [0.4, 0.5) is 0 Å². The Morgan fingerprint density at radius 3 is 2.62 bits per heavy atom. The van der Waals surface area contributed by atoms with E-state index < -0.39 is 11.9 Å². The summed E-state index contributed by atoms with van der Waals surface area (Å²) in [5, 5.41) is 0. The van der Waals surface area contributed by atoms with Crippen molar-refractivity contribution < 1.29 is 14.3 Å². The van der Waals surface area contributed by atoms with Gasteiger partial charge in [0.1, 0.15) is 0 Å². The molecule has 90 valence electrons. The Morgan fingerprint density at radius 2 is 2.00 bits per heavy atom. The number of allylic oxidation sites excluding steroid dienone is 1. The van der Waals surface area contributed by atoms with Crippen LogP contribution in [0, 0.1) is 5.92 Å². The normalized spacial score (nSPS) is 20.7. The predicted octanol–water partition coefficient (Wildman–Crippen LogP) is 2.99. The van der Waals surface area contributed by atoms with Gasteiger partial charge in [-0.3, -0.25) is 9.59 Å². The van der Waals surface area contributed by atoms with Crippen LogP contribution >= 0.6 is 0 Å². The van der Waals surface area contributed by atoms with Crippen LogP contribution in [0.1, 0.15) is 51.9 Å². The van der Waals surface area contributed by atoms with Crippen molar-refractivity contribution in [2.24, 2.45) is 5.92 Å². The molecule has 0 aromatic rings. The van der Waals surface area contributed by atoms with E-state index in [2.05, 4.69) is 11.7 Å². The molecule has 1 heterocycles. The minimum Gasteiger partial charge on any atom is -0.393 e. The monoisotopic (exact) mass is 224 g/mol. The van der Waals surface area contributed by atoms with Crippen LogP contribution in [0.5, 0.6) is 0 Å². The van der Waals surface area contributed by atoms with Gasteiger partial charge in [-0.1, -0.05) is 44.8 Å². The lowest BCUT2D eigenvalue weighted by Crippen LogP contribution is -2.03. The van der Waals surface area contributed by atoms with Crippen molar-refractivity contribution in [1.82, 2.24) is 0 Å². The van der Waals surface area contributed by atoms with Gasteiger partial charge in [-0.2, -0.15) is 0 Å². The first kappa shape index (κ1) is 12.9. The highest BCUT2D eigenvalue weighted by molar-refractivity contribution is 5.95. The van der Waals surface area contributed by atoms with E-state index in [0.717, 1.165) is 12.8 Å². The molecule has 1 aliphatic heterocycles. The number of esters is 2. The van der Waals surface area contributed by atoms with E-state index >= 15 is 0 Å². The molecule has 0 N–H and O–H groups in total. The van der Waals surface area contributed by atoms with Crippen molar-refractivity contribution in [3.05, 3.63) is 12.2 Å². The minimum absolute atomic E-state index is 0.213. The Kier molecular flexibility index (Phi) is 5.83. The molecule has 0 radical (unpaired) electrons. The fraction of sp³-hybridized carbons (Fsp3) is 0.692. The van der Waals surface area contributed by atoms with Crippen molar-refractivity contribution in [3.63, 3.8) is 0 Å². The predicted molar refractivity (Wildman–Crippen MR) is 61.7 cm³/mol. The molecule has 3 nitrogen and oxygen atoms in total. The molecule has 16 heavy (non-hydrogen) atoms. The average Bonchev–Trinajstić information content (AvgIpc) is 2.56. The zero-order chi connectivity index (χ0) is 11.8. The molecule has 0 spiro atoms. The van der Waals surface area contributed by atoms with Crippen LogP contribution < -0.4 is 0 Å². The van der Waals surface area contributed by atoms with Gasteiger partial charge in [-0.05, 0) is 12.8 Å². The standard InChI is InChI=1S/C13H20O3/c1-2-3-4-5-6-7-8-9-11-10-12(14)16-13(11)15/h8-9,11H,2-7,10H2,1H3/b9-8-. The van der Waals surface area contributed by atoms with Crippen molar-refractivity contribution in [1.29, 1.82) is 0 Å². The zero-order valence-corrected chi connectivity index (χ0v) is 9.91. The quantitative estimate of drug-likeness (QED) is 0.289. The summed E-state index contributed by atoms with van der Waals surface area (Å²) >= 11 is 0. The average molecular weight is 224 g/mol. The Balaban J connectivity index is 2.08. The lowest BCUT2D eigenvalue weighted by molar-refractivity contribution is -0.152. The van der Waals surface area contributed by atoms with Gasteiger partial charge >= 0.3 is 11.9 Å². The highest BCUT2D eigenvalue weighted by atomic mass is 16.6. The molecule has 1 fully saturated rings. The Bertz CT molecular complexity index is 268. The summed E-state index contributed by atoms with van der Waals surface area (Å²) in [5.74, 6) is -1.13. The number of hydrogen-bond acceptors (Lipinski definition) is 3. The molecular weight excluding hydrogens is 204 g/mol. The fourth-order valence-corrected chi connectivity index (χ4v) is 1.77. The first-order chi connectivity index (χ1) is 7.74. The van der Waals surface area contributed by atoms with Crippen molar-refractivity contribution in [2.45, 2.75) is 51.9 Å². The molecule has 0 saturated carbocycles. The van der Waals surface area contributed by atoms with E-state index in [-0.39, 0.29) is 12.3 Å². The van der Waals surface area contributed by atoms with Gasteiger partial charge in [-0.25, -0.2) is 0 Å². The van der Waals surface area contributed by atoms with Crippen LogP contribution in [0.2, 0.25) is 0 Å². The van der Waals surface area contributed by atoms with E-state index in [1.54, 1.807) is 0 Å². The Labute approximate surface area is 96.9 Å². The van der Waals surface area contributed by atoms with Gasteiger partial charge in [0.2, 0.25) is 0 Å². The molecule has 1 aliphatic rings. The van der Waals surface area contributed by atoms with Gasteiger partial charge < -0.3 is 4.74 Å². The molecule has 1 atom stereocenters. The molecule has 1 rings (SSSR count). The summed E-state index contributed by atoms with van der Waals surface area (Å²) in [6, 6.07) is 0.